The first-order valence-electron chi connectivity index (χ1n) is 10.7. The number of nitrogens with zero attached hydrogens (tertiary/aromatic N) is 3. The normalized spacial score (nSPS) is 16.5. The molecule has 3 heterocycles. The van der Waals surface area contributed by atoms with Crippen molar-refractivity contribution in [3.05, 3.63) is 71.3 Å². The number of carbonyl (C=O) groups is 1. The Bertz CT molecular complexity index is 1120. The molecule has 1 amide bonds. The topological polar surface area (TPSA) is 46.1 Å². The van der Waals surface area contributed by atoms with Gasteiger partial charge in [-0.05, 0) is 48.2 Å². The second-order valence-electron chi connectivity index (χ2n) is 9.48. The number of amides is 1. The highest BCUT2D eigenvalue weighted by Gasteiger charge is 2.24. The SMILES string of the molecule is C[C@@H]1CCN(C(=O)c2ccc(-c3cncc(-c4ccnc(C(C)(C)C)c4)c3)c(Cl)c2)C1. The summed E-state index contributed by atoms with van der Waals surface area (Å²) in [6.07, 6.45) is 6.56. The molecule has 1 aliphatic heterocycles. The van der Waals surface area contributed by atoms with Crippen LogP contribution in [0.25, 0.3) is 22.3 Å². The van der Waals surface area contributed by atoms with Crippen LogP contribution in [0, 0.1) is 5.92 Å². The molecule has 0 unspecified atom stereocenters. The van der Waals surface area contributed by atoms with Crippen LogP contribution in [-0.2, 0) is 5.41 Å². The van der Waals surface area contributed by atoms with E-state index >= 15 is 0 Å². The van der Waals surface area contributed by atoms with E-state index in [1.807, 2.05) is 35.5 Å². The molecule has 0 spiro atoms. The molecule has 1 fully saturated rings. The van der Waals surface area contributed by atoms with Crippen LogP contribution < -0.4 is 0 Å². The number of carbonyl (C=O) groups excluding carboxylic acids is 1. The molecule has 3 aromatic rings. The van der Waals surface area contributed by atoms with Gasteiger partial charge in [-0.1, -0.05) is 45.4 Å². The van der Waals surface area contributed by atoms with Gasteiger partial charge >= 0.3 is 0 Å². The molecule has 1 saturated heterocycles. The number of likely N-dealkylation sites (tertiary alicyclic amines) is 1. The third-order valence-electron chi connectivity index (χ3n) is 5.84. The fourth-order valence-electron chi connectivity index (χ4n) is 3.95. The first-order chi connectivity index (χ1) is 14.7. The number of pyridine rings is 2. The summed E-state index contributed by atoms with van der Waals surface area (Å²) in [5, 5.41) is 0.558. The Hall–Kier alpha value is -2.72. The zero-order valence-electron chi connectivity index (χ0n) is 18.5. The van der Waals surface area contributed by atoms with E-state index in [0.29, 0.717) is 16.5 Å². The summed E-state index contributed by atoms with van der Waals surface area (Å²) in [7, 11) is 0. The first kappa shape index (κ1) is 21.5. The average Bonchev–Trinajstić information content (AvgIpc) is 3.19. The molecule has 4 rings (SSSR count). The lowest BCUT2D eigenvalue weighted by Gasteiger charge is -2.18. The van der Waals surface area contributed by atoms with Crippen LogP contribution in [0.15, 0.2) is 55.0 Å². The Kier molecular flexibility index (Phi) is 5.85. The average molecular weight is 434 g/mol. The van der Waals surface area contributed by atoms with Gasteiger partial charge in [0.05, 0.1) is 0 Å². The molecule has 160 valence electrons. The first-order valence-corrected chi connectivity index (χ1v) is 11.1. The summed E-state index contributed by atoms with van der Waals surface area (Å²) >= 11 is 6.62. The summed E-state index contributed by atoms with van der Waals surface area (Å²) in [5.74, 6) is 0.607. The van der Waals surface area contributed by atoms with E-state index in [2.05, 4.69) is 49.8 Å². The van der Waals surface area contributed by atoms with Crippen LogP contribution >= 0.6 is 11.6 Å². The third kappa shape index (κ3) is 4.64. The van der Waals surface area contributed by atoms with E-state index in [0.717, 1.165) is 47.5 Å². The number of aromatic nitrogens is 2. The van der Waals surface area contributed by atoms with Crippen LogP contribution in [0.2, 0.25) is 5.02 Å². The standard InChI is InChI=1S/C26H28ClN3O/c1-17-8-10-30(16-17)25(31)19-5-6-22(23(27)12-19)21-11-20(14-28-15-21)18-7-9-29-24(13-18)26(2,3)4/h5-7,9,11-15,17H,8,10,16H2,1-4H3/t17-/m1/s1. The van der Waals surface area contributed by atoms with Crippen molar-refractivity contribution in [2.24, 2.45) is 5.92 Å². The molecule has 1 aliphatic rings. The minimum atomic E-state index is -0.0279. The fourth-order valence-corrected chi connectivity index (χ4v) is 4.24. The molecule has 1 atom stereocenters. The highest BCUT2D eigenvalue weighted by molar-refractivity contribution is 6.33. The van der Waals surface area contributed by atoms with Crippen LogP contribution in [0.5, 0.6) is 0 Å². The molecule has 0 N–H and O–H groups in total. The van der Waals surface area contributed by atoms with Gasteiger partial charge in [0.1, 0.15) is 0 Å². The molecule has 1 aromatic carbocycles. The zero-order chi connectivity index (χ0) is 22.2. The number of hydrogen-bond donors (Lipinski definition) is 0. The molecule has 0 saturated carbocycles. The van der Waals surface area contributed by atoms with E-state index in [-0.39, 0.29) is 11.3 Å². The zero-order valence-corrected chi connectivity index (χ0v) is 19.3. The second-order valence-corrected chi connectivity index (χ2v) is 9.89. The Morgan fingerprint density at radius 3 is 2.52 bits per heavy atom. The molecule has 2 aromatic heterocycles. The predicted octanol–water partition coefficient (Wildman–Crippen LogP) is 6.24. The minimum Gasteiger partial charge on any atom is -0.338 e. The lowest BCUT2D eigenvalue weighted by Crippen LogP contribution is -2.28. The van der Waals surface area contributed by atoms with Crippen molar-refractivity contribution >= 4 is 17.5 Å². The largest absolute Gasteiger partial charge is 0.338 e. The van der Waals surface area contributed by atoms with E-state index in [4.69, 9.17) is 11.6 Å². The van der Waals surface area contributed by atoms with E-state index in [1.54, 1.807) is 12.3 Å². The summed E-state index contributed by atoms with van der Waals surface area (Å²) in [5.41, 5.74) is 5.51. The lowest BCUT2D eigenvalue weighted by atomic mass is 9.90. The van der Waals surface area contributed by atoms with Gasteiger partial charge in [-0.2, -0.15) is 0 Å². The maximum Gasteiger partial charge on any atom is 0.253 e. The van der Waals surface area contributed by atoms with Gasteiger partial charge in [-0.3, -0.25) is 14.8 Å². The number of benzene rings is 1. The Labute approximate surface area is 189 Å². The van der Waals surface area contributed by atoms with Crippen molar-refractivity contribution < 1.29 is 4.79 Å². The molecular formula is C26H28ClN3O. The highest BCUT2D eigenvalue weighted by atomic mass is 35.5. The summed E-state index contributed by atoms with van der Waals surface area (Å²) in [4.78, 5) is 23.7. The van der Waals surface area contributed by atoms with Crippen molar-refractivity contribution in [1.82, 2.24) is 14.9 Å². The quantitative estimate of drug-likeness (QED) is 0.490. The van der Waals surface area contributed by atoms with Crippen molar-refractivity contribution in [3.63, 3.8) is 0 Å². The highest BCUT2D eigenvalue weighted by Crippen LogP contribution is 2.32. The summed E-state index contributed by atoms with van der Waals surface area (Å²) in [6, 6.07) is 11.8. The lowest BCUT2D eigenvalue weighted by molar-refractivity contribution is 0.0788. The minimum absolute atomic E-state index is 0.0279. The number of rotatable bonds is 3. The van der Waals surface area contributed by atoms with Crippen LogP contribution in [0.3, 0.4) is 0 Å². The predicted molar refractivity (Wildman–Crippen MR) is 126 cm³/mol. The molecule has 0 aliphatic carbocycles. The van der Waals surface area contributed by atoms with Gasteiger partial charge in [0.2, 0.25) is 0 Å². The van der Waals surface area contributed by atoms with Crippen LogP contribution in [0.4, 0.5) is 0 Å². The van der Waals surface area contributed by atoms with Gasteiger partial charge in [-0.15, -0.1) is 0 Å². The molecule has 0 bridgehead atoms. The molecule has 0 radical (unpaired) electrons. The summed E-state index contributed by atoms with van der Waals surface area (Å²) in [6.45, 7) is 10.3. The molecule has 4 nitrogen and oxygen atoms in total. The molecule has 31 heavy (non-hydrogen) atoms. The van der Waals surface area contributed by atoms with Crippen LogP contribution in [0.1, 0.15) is 50.2 Å². The van der Waals surface area contributed by atoms with Crippen molar-refractivity contribution in [1.29, 1.82) is 0 Å². The maximum absolute atomic E-state index is 12.8. The maximum atomic E-state index is 12.8. The number of hydrogen-bond acceptors (Lipinski definition) is 3. The van der Waals surface area contributed by atoms with Gasteiger partial charge in [0.25, 0.3) is 5.91 Å². The number of halogens is 1. The Morgan fingerprint density at radius 2 is 1.84 bits per heavy atom. The second kappa shape index (κ2) is 8.43. The Morgan fingerprint density at radius 1 is 1.06 bits per heavy atom. The molecule has 5 heteroatoms. The smallest absolute Gasteiger partial charge is 0.253 e. The Balaban J connectivity index is 1.63. The van der Waals surface area contributed by atoms with E-state index < -0.39 is 0 Å². The fraction of sp³-hybridized carbons (Fsp3) is 0.346. The van der Waals surface area contributed by atoms with Gasteiger partial charge in [-0.25, -0.2) is 0 Å². The monoisotopic (exact) mass is 433 g/mol. The van der Waals surface area contributed by atoms with E-state index in [9.17, 15) is 4.79 Å². The van der Waals surface area contributed by atoms with Crippen molar-refractivity contribution in [3.8, 4) is 22.3 Å². The van der Waals surface area contributed by atoms with Crippen molar-refractivity contribution in [2.75, 3.05) is 13.1 Å². The van der Waals surface area contributed by atoms with E-state index in [1.165, 1.54) is 0 Å². The van der Waals surface area contributed by atoms with Crippen LogP contribution in [-0.4, -0.2) is 33.9 Å². The van der Waals surface area contributed by atoms with Crippen molar-refractivity contribution in [2.45, 2.75) is 39.5 Å². The van der Waals surface area contributed by atoms with Gasteiger partial charge in [0, 0.05) is 70.1 Å². The van der Waals surface area contributed by atoms with Gasteiger partial charge in [0.15, 0.2) is 0 Å². The third-order valence-corrected chi connectivity index (χ3v) is 6.15. The molecular weight excluding hydrogens is 406 g/mol. The summed E-state index contributed by atoms with van der Waals surface area (Å²) < 4.78 is 0. The van der Waals surface area contributed by atoms with Gasteiger partial charge < -0.3 is 4.90 Å².